The number of carbonyl (C=O) groups excluding carboxylic acids is 1. The van der Waals surface area contributed by atoms with Crippen molar-refractivity contribution in [2.24, 2.45) is 12.8 Å². The molecule has 0 bridgehead atoms. The van der Waals surface area contributed by atoms with Crippen molar-refractivity contribution in [3.63, 3.8) is 0 Å². The molecule has 5 N–H and O–H groups in total. The molecular formula is C12H21N5O4. The molecular weight excluding hydrogens is 278 g/mol. The summed E-state index contributed by atoms with van der Waals surface area (Å²) in [4.78, 5) is 34.5. The van der Waals surface area contributed by atoms with Gasteiger partial charge in [-0.25, -0.2) is 4.79 Å². The van der Waals surface area contributed by atoms with Crippen molar-refractivity contribution >= 4 is 17.4 Å². The molecule has 118 valence electrons. The number of ether oxygens (including phenoxy) is 1. The number of nitrogen functional groups attached to an aromatic ring is 1. The summed E-state index contributed by atoms with van der Waals surface area (Å²) in [5, 5.41) is 2.83. The predicted molar refractivity (Wildman–Crippen MR) is 79.1 cm³/mol. The van der Waals surface area contributed by atoms with E-state index in [-0.39, 0.29) is 31.3 Å². The average molecular weight is 299 g/mol. The SMILES string of the molecule is CCCn1c(N)c(NCCOCC(N)=O)c(=O)n(C)c1=O. The zero-order chi connectivity index (χ0) is 16.0. The average Bonchev–Trinajstić information content (AvgIpc) is 2.44. The van der Waals surface area contributed by atoms with Crippen molar-refractivity contribution in [2.75, 3.05) is 30.8 Å². The standard InChI is InChI=1S/C12H21N5O4/c1-3-5-17-10(14)9(11(19)16(2)12(17)20)15-4-6-21-7-8(13)18/h15H,3-7,14H2,1-2H3,(H2,13,18). The Labute approximate surface area is 121 Å². The van der Waals surface area contributed by atoms with Crippen molar-refractivity contribution in [3.8, 4) is 0 Å². The van der Waals surface area contributed by atoms with Crippen LogP contribution in [0, 0.1) is 0 Å². The lowest BCUT2D eigenvalue weighted by Gasteiger charge is -2.15. The number of anilines is 2. The molecule has 0 aliphatic heterocycles. The van der Waals surface area contributed by atoms with Gasteiger partial charge >= 0.3 is 5.69 Å². The second-order valence-corrected chi connectivity index (χ2v) is 4.50. The summed E-state index contributed by atoms with van der Waals surface area (Å²) < 4.78 is 7.31. The molecule has 1 heterocycles. The minimum absolute atomic E-state index is 0.0971. The molecule has 0 unspecified atom stereocenters. The quantitative estimate of drug-likeness (QED) is 0.498. The molecule has 9 nitrogen and oxygen atoms in total. The maximum absolute atomic E-state index is 12.0. The predicted octanol–water partition coefficient (Wildman–Crippen LogP) is -1.55. The summed E-state index contributed by atoms with van der Waals surface area (Å²) in [7, 11) is 1.39. The number of nitrogens with two attached hydrogens (primary N) is 2. The Morgan fingerprint density at radius 1 is 1.38 bits per heavy atom. The van der Waals surface area contributed by atoms with Gasteiger partial charge in [-0.2, -0.15) is 0 Å². The first-order valence-electron chi connectivity index (χ1n) is 6.59. The van der Waals surface area contributed by atoms with Crippen molar-refractivity contribution in [1.82, 2.24) is 9.13 Å². The van der Waals surface area contributed by atoms with Crippen LogP contribution in [0.5, 0.6) is 0 Å². The lowest BCUT2D eigenvalue weighted by Crippen LogP contribution is -2.41. The van der Waals surface area contributed by atoms with Crippen LogP contribution in [-0.4, -0.2) is 34.8 Å². The van der Waals surface area contributed by atoms with Gasteiger partial charge in [0.2, 0.25) is 5.91 Å². The first-order chi connectivity index (χ1) is 9.90. The Morgan fingerprint density at radius 3 is 2.62 bits per heavy atom. The minimum Gasteiger partial charge on any atom is -0.383 e. The molecule has 0 radical (unpaired) electrons. The molecule has 1 amide bonds. The number of rotatable bonds is 8. The molecule has 0 saturated heterocycles. The van der Waals surface area contributed by atoms with Gasteiger partial charge in [-0.05, 0) is 6.42 Å². The van der Waals surface area contributed by atoms with Crippen LogP contribution < -0.4 is 28.0 Å². The van der Waals surface area contributed by atoms with E-state index in [4.69, 9.17) is 16.2 Å². The van der Waals surface area contributed by atoms with E-state index in [0.717, 1.165) is 4.57 Å². The Kier molecular flexibility index (Phi) is 5.97. The van der Waals surface area contributed by atoms with Crippen molar-refractivity contribution in [3.05, 3.63) is 20.8 Å². The first kappa shape index (κ1) is 16.8. The fourth-order valence-electron chi connectivity index (χ4n) is 1.81. The van der Waals surface area contributed by atoms with Gasteiger partial charge < -0.3 is 21.5 Å². The third-order valence-electron chi connectivity index (χ3n) is 2.82. The number of hydrogen-bond acceptors (Lipinski definition) is 6. The summed E-state index contributed by atoms with van der Waals surface area (Å²) >= 11 is 0. The van der Waals surface area contributed by atoms with E-state index < -0.39 is 17.2 Å². The maximum atomic E-state index is 12.0. The van der Waals surface area contributed by atoms with Crippen LogP contribution in [0.15, 0.2) is 9.59 Å². The minimum atomic E-state index is -0.568. The van der Waals surface area contributed by atoms with Gasteiger partial charge in [0.1, 0.15) is 18.1 Å². The number of nitrogens with zero attached hydrogens (tertiary/aromatic N) is 2. The van der Waals surface area contributed by atoms with Crippen LogP contribution in [0.2, 0.25) is 0 Å². The molecule has 9 heteroatoms. The third-order valence-corrected chi connectivity index (χ3v) is 2.82. The molecule has 21 heavy (non-hydrogen) atoms. The molecule has 0 aromatic carbocycles. The van der Waals surface area contributed by atoms with E-state index >= 15 is 0 Å². The van der Waals surface area contributed by atoms with Crippen LogP contribution >= 0.6 is 0 Å². The van der Waals surface area contributed by atoms with Gasteiger partial charge in [-0.1, -0.05) is 6.92 Å². The normalized spacial score (nSPS) is 10.6. The lowest BCUT2D eigenvalue weighted by molar-refractivity contribution is -0.122. The highest BCUT2D eigenvalue weighted by molar-refractivity contribution is 5.74. The third kappa shape index (κ3) is 4.09. The van der Waals surface area contributed by atoms with E-state index in [0.29, 0.717) is 13.0 Å². The van der Waals surface area contributed by atoms with Crippen molar-refractivity contribution < 1.29 is 9.53 Å². The first-order valence-corrected chi connectivity index (χ1v) is 6.59. The summed E-state index contributed by atoms with van der Waals surface area (Å²) in [6.07, 6.45) is 0.712. The Balaban J connectivity index is 2.89. The smallest absolute Gasteiger partial charge is 0.332 e. The van der Waals surface area contributed by atoms with E-state index in [1.807, 2.05) is 6.92 Å². The Hall–Kier alpha value is -2.29. The highest BCUT2D eigenvalue weighted by atomic mass is 16.5. The van der Waals surface area contributed by atoms with E-state index in [1.54, 1.807) is 0 Å². The topological polar surface area (TPSA) is 134 Å². The highest BCUT2D eigenvalue weighted by Gasteiger charge is 2.14. The fourth-order valence-corrected chi connectivity index (χ4v) is 1.81. The second-order valence-electron chi connectivity index (χ2n) is 4.50. The van der Waals surface area contributed by atoms with Gasteiger partial charge in [-0.3, -0.25) is 18.7 Å². The van der Waals surface area contributed by atoms with Crippen molar-refractivity contribution in [1.29, 1.82) is 0 Å². The summed E-state index contributed by atoms with van der Waals surface area (Å²) in [6.45, 7) is 2.58. The number of hydrogen-bond donors (Lipinski definition) is 3. The zero-order valence-corrected chi connectivity index (χ0v) is 12.2. The summed E-state index contributed by atoms with van der Waals surface area (Å²) in [6, 6.07) is 0. The molecule has 1 aromatic rings. The number of primary amides is 1. The molecule has 1 aromatic heterocycles. The molecule has 0 aliphatic carbocycles. The Morgan fingerprint density at radius 2 is 2.05 bits per heavy atom. The van der Waals surface area contributed by atoms with Crippen LogP contribution in [0.25, 0.3) is 0 Å². The molecule has 0 fully saturated rings. The van der Waals surface area contributed by atoms with Gasteiger partial charge in [0.05, 0.1) is 6.61 Å². The Bertz CT molecular complexity index is 619. The van der Waals surface area contributed by atoms with E-state index in [2.05, 4.69) is 5.32 Å². The molecule has 0 atom stereocenters. The van der Waals surface area contributed by atoms with Gasteiger partial charge in [0.15, 0.2) is 0 Å². The van der Waals surface area contributed by atoms with E-state index in [1.165, 1.54) is 11.6 Å². The highest BCUT2D eigenvalue weighted by Crippen LogP contribution is 2.10. The number of carbonyl (C=O) groups is 1. The zero-order valence-electron chi connectivity index (χ0n) is 12.2. The lowest BCUT2D eigenvalue weighted by atomic mass is 10.4. The van der Waals surface area contributed by atoms with Crippen molar-refractivity contribution in [2.45, 2.75) is 19.9 Å². The van der Waals surface area contributed by atoms with Crippen LogP contribution in [0.4, 0.5) is 11.5 Å². The number of aromatic nitrogens is 2. The van der Waals surface area contributed by atoms with Crippen LogP contribution in [-0.2, 0) is 23.1 Å². The number of nitrogens with one attached hydrogen (secondary N) is 1. The van der Waals surface area contributed by atoms with E-state index in [9.17, 15) is 14.4 Å². The van der Waals surface area contributed by atoms with Gasteiger partial charge in [-0.15, -0.1) is 0 Å². The molecule has 0 saturated carbocycles. The summed E-state index contributed by atoms with van der Waals surface area (Å²) in [5.74, 6) is -0.471. The summed E-state index contributed by atoms with van der Waals surface area (Å²) in [5.41, 5.74) is 10.0. The maximum Gasteiger partial charge on any atom is 0.332 e. The van der Waals surface area contributed by atoms with Gasteiger partial charge in [0.25, 0.3) is 5.56 Å². The largest absolute Gasteiger partial charge is 0.383 e. The molecule has 1 rings (SSSR count). The molecule has 0 aliphatic rings. The fraction of sp³-hybridized carbons (Fsp3) is 0.583. The van der Waals surface area contributed by atoms with Crippen LogP contribution in [0.1, 0.15) is 13.3 Å². The number of amides is 1. The second kappa shape index (κ2) is 7.48. The van der Waals surface area contributed by atoms with Gasteiger partial charge in [0, 0.05) is 20.1 Å². The molecule has 0 spiro atoms. The van der Waals surface area contributed by atoms with Crippen LogP contribution in [0.3, 0.4) is 0 Å². The monoisotopic (exact) mass is 299 g/mol.